The monoisotopic (exact) mass is 248 g/mol. The van der Waals surface area contributed by atoms with Crippen LogP contribution in [0.15, 0.2) is 36.5 Å². The predicted molar refractivity (Wildman–Crippen MR) is 69.0 cm³/mol. The maximum Gasteiger partial charge on any atom is 0.242 e. The second-order valence-corrected chi connectivity index (χ2v) is 4.12. The molecule has 0 aliphatic carbocycles. The number of alkyl halides is 1. The number of carbonyl (C=O) groups is 1. The van der Waals surface area contributed by atoms with E-state index in [9.17, 15) is 4.79 Å². The third-order valence-corrected chi connectivity index (χ3v) is 2.95. The van der Waals surface area contributed by atoms with Gasteiger partial charge in [0.15, 0.2) is 0 Å². The van der Waals surface area contributed by atoms with Gasteiger partial charge >= 0.3 is 0 Å². The van der Waals surface area contributed by atoms with Crippen molar-refractivity contribution in [1.29, 1.82) is 0 Å². The van der Waals surface area contributed by atoms with Gasteiger partial charge in [0, 0.05) is 23.7 Å². The molecule has 1 atom stereocenters. The van der Waals surface area contributed by atoms with Crippen molar-refractivity contribution < 1.29 is 4.79 Å². The lowest BCUT2D eigenvalue weighted by Crippen LogP contribution is -2.26. The molecule has 0 radical (unpaired) electrons. The molecule has 3 nitrogen and oxygen atoms in total. The summed E-state index contributed by atoms with van der Waals surface area (Å²) in [6.07, 6.45) is 1.70. The number of nitrogens with zero attached hydrogens (tertiary/aromatic N) is 1. The summed E-state index contributed by atoms with van der Waals surface area (Å²) in [6.45, 7) is 2.43. The van der Waals surface area contributed by atoms with Crippen molar-refractivity contribution >= 4 is 28.4 Å². The molecule has 1 unspecified atom stereocenters. The molecule has 1 heterocycles. The summed E-state index contributed by atoms with van der Waals surface area (Å²) in [5.41, 5.74) is 1.52. The van der Waals surface area contributed by atoms with E-state index in [0.29, 0.717) is 6.54 Å². The van der Waals surface area contributed by atoms with E-state index in [1.807, 2.05) is 37.3 Å². The van der Waals surface area contributed by atoms with E-state index in [0.717, 1.165) is 16.5 Å². The van der Waals surface area contributed by atoms with Crippen LogP contribution in [-0.4, -0.2) is 17.4 Å². The molecular weight excluding hydrogens is 236 g/mol. The Labute approximate surface area is 105 Å². The van der Waals surface area contributed by atoms with Crippen molar-refractivity contribution in [1.82, 2.24) is 10.3 Å². The molecule has 0 fully saturated rings. The Hall–Kier alpha value is -1.61. The lowest BCUT2D eigenvalue weighted by atomic mass is 10.1. The minimum atomic E-state index is -0.700. The third-order valence-electron chi connectivity index (χ3n) is 2.52. The number of hydrogen-bond acceptors (Lipinski definition) is 2. The van der Waals surface area contributed by atoms with Crippen molar-refractivity contribution in [2.45, 2.75) is 12.3 Å². The van der Waals surface area contributed by atoms with Gasteiger partial charge < -0.3 is 5.32 Å². The molecule has 0 aliphatic heterocycles. The number of para-hydroxylation sites is 1. The molecular formula is C13H13ClN2O. The minimum absolute atomic E-state index is 0.188. The Bertz CT molecular complexity index is 536. The van der Waals surface area contributed by atoms with Crippen LogP contribution in [0, 0.1) is 0 Å². The van der Waals surface area contributed by atoms with Crippen LogP contribution in [0.25, 0.3) is 10.9 Å². The number of likely N-dealkylation sites (N-methyl/N-ethyl adjacent to an activating group) is 1. The maximum atomic E-state index is 11.7. The number of hydrogen-bond donors (Lipinski definition) is 1. The zero-order valence-corrected chi connectivity index (χ0v) is 10.2. The highest BCUT2D eigenvalue weighted by atomic mass is 35.5. The summed E-state index contributed by atoms with van der Waals surface area (Å²) in [5.74, 6) is -0.188. The van der Waals surface area contributed by atoms with Gasteiger partial charge in [0.2, 0.25) is 5.91 Å². The van der Waals surface area contributed by atoms with Crippen LogP contribution < -0.4 is 5.32 Å². The first-order valence-electron chi connectivity index (χ1n) is 5.49. The molecule has 2 aromatic rings. The van der Waals surface area contributed by atoms with E-state index >= 15 is 0 Å². The van der Waals surface area contributed by atoms with Gasteiger partial charge in [-0.3, -0.25) is 9.78 Å². The highest BCUT2D eigenvalue weighted by Crippen LogP contribution is 2.27. The molecule has 1 amide bonds. The van der Waals surface area contributed by atoms with Crippen LogP contribution in [0.4, 0.5) is 0 Å². The Balaban J connectivity index is 2.44. The SMILES string of the molecule is CCNC(=O)C(Cl)c1cccc2cccnc12. The lowest BCUT2D eigenvalue weighted by molar-refractivity contribution is -0.120. The number of halogens is 1. The van der Waals surface area contributed by atoms with Crippen molar-refractivity contribution in [2.75, 3.05) is 6.54 Å². The average molecular weight is 249 g/mol. The first kappa shape index (κ1) is 11.9. The largest absolute Gasteiger partial charge is 0.355 e. The second kappa shape index (κ2) is 5.15. The number of benzene rings is 1. The highest BCUT2D eigenvalue weighted by Gasteiger charge is 2.19. The molecule has 17 heavy (non-hydrogen) atoms. The molecule has 88 valence electrons. The van der Waals surface area contributed by atoms with E-state index in [1.165, 1.54) is 0 Å². The number of aromatic nitrogens is 1. The van der Waals surface area contributed by atoms with Crippen LogP contribution in [0.2, 0.25) is 0 Å². The summed E-state index contributed by atoms with van der Waals surface area (Å²) in [4.78, 5) is 16.0. The predicted octanol–water partition coefficient (Wildman–Crippen LogP) is 2.65. The Morgan fingerprint density at radius 3 is 2.94 bits per heavy atom. The van der Waals surface area contributed by atoms with Crippen LogP contribution in [-0.2, 0) is 4.79 Å². The fraction of sp³-hybridized carbons (Fsp3) is 0.231. The molecule has 0 saturated carbocycles. The molecule has 1 aromatic heterocycles. The fourth-order valence-corrected chi connectivity index (χ4v) is 1.99. The zero-order chi connectivity index (χ0) is 12.3. The van der Waals surface area contributed by atoms with Gasteiger partial charge in [-0.1, -0.05) is 24.3 Å². The summed E-state index contributed by atoms with van der Waals surface area (Å²) >= 11 is 6.16. The van der Waals surface area contributed by atoms with Crippen molar-refractivity contribution in [3.63, 3.8) is 0 Å². The van der Waals surface area contributed by atoms with E-state index in [1.54, 1.807) is 6.20 Å². The number of nitrogens with one attached hydrogen (secondary N) is 1. The summed E-state index contributed by atoms with van der Waals surface area (Å²) in [7, 11) is 0. The summed E-state index contributed by atoms with van der Waals surface area (Å²) in [6, 6.07) is 9.48. The number of carbonyl (C=O) groups excluding carboxylic acids is 1. The highest BCUT2D eigenvalue weighted by molar-refractivity contribution is 6.31. The van der Waals surface area contributed by atoms with Gasteiger partial charge in [-0.15, -0.1) is 11.6 Å². The van der Waals surface area contributed by atoms with Crippen molar-refractivity contribution in [2.24, 2.45) is 0 Å². The molecule has 1 aromatic carbocycles. The quantitative estimate of drug-likeness (QED) is 0.849. The number of amides is 1. The van der Waals surface area contributed by atoms with Gasteiger partial charge in [0.1, 0.15) is 5.38 Å². The first-order chi connectivity index (χ1) is 8.24. The molecule has 2 rings (SSSR count). The molecule has 0 saturated heterocycles. The standard InChI is InChI=1S/C13H13ClN2O/c1-2-15-13(17)11(14)10-7-3-5-9-6-4-8-16-12(9)10/h3-8,11H,2H2,1H3,(H,15,17). The summed E-state index contributed by atoms with van der Waals surface area (Å²) < 4.78 is 0. The Morgan fingerprint density at radius 1 is 1.41 bits per heavy atom. The topological polar surface area (TPSA) is 42.0 Å². The van der Waals surface area contributed by atoms with E-state index in [4.69, 9.17) is 11.6 Å². The maximum absolute atomic E-state index is 11.7. The minimum Gasteiger partial charge on any atom is -0.355 e. The van der Waals surface area contributed by atoms with Crippen molar-refractivity contribution in [3.8, 4) is 0 Å². The van der Waals surface area contributed by atoms with Gasteiger partial charge in [0.25, 0.3) is 0 Å². The Kier molecular flexibility index (Phi) is 3.59. The van der Waals surface area contributed by atoms with Crippen LogP contribution >= 0.6 is 11.6 Å². The van der Waals surface area contributed by atoms with Gasteiger partial charge in [-0.25, -0.2) is 0 Å². The summed E-state index contributed by atoms with van der Waals surface area (Å²) in [5, 5.41) is 3.00. The number of pyridine rings is 1. The molecule has 0 aliphatic rings. The molecule has 4 heteroatoms. The van der Waals surface area contributed by atoms with Gasteiger partial charge in [-0.2, -0.15) is 0 Å². The normalized spacial score (nSPS) is 12.4. The van der Waals surface area contributed by atoms with Crippen LogP contribution in [0.5, 0.6) is 0 Å². The fourth-order valence-electron chi connectivity index (χ4n) is 1.74. The smallest absolute Gasteiger partial charge is 0.242 e. The van der Waals surface area contributed by atoms with E-state index in [-0.39, 0.29) is 5.91 Å². The van der Waals surface area contributed by atoms with Crippen LogP contribution in [0.1, 0.15) is 17.9 Å². The third kappa shape index (κ3) is 2.39. The second-order valence-electron chi connectivity index (χ2n) is 3.68. The Morgan fingerprint density at radius 2 is 2.18 bits per heavy atom. The van der Waals surface area contributed by atoms with Crippen molar-refractivity contribution in [3.05, 3.63) is 42.1 Å². The molecule has 0 spiro atoms. The average Bonchev–Trinajstić information content (AvgIpc) is 2.37. The van der Waals surface area contributed by atoms with E-state index in [2.05, 4.69) is 10.3 Å². The van der Waals surface area contributed by atoms with E-state index < -0.39 is 5.38 Å². The van der Waals surface area contributed by atoms with Crippen LogP contribution in [0.3, 0.4) is 0 Å². The van der Waals surface area contributed by atoms with Gasteiger partial charge in [0.05, 0.1) is 5.52 Å². The first-order valence-corrected chi connectivity index (χ1v) is 5.93. The number of fused-ring (bicyclic) bond motifs is 1. The zero-order valence-electron chi connectivity index (χ0n) is 9.48. The molecule has 0 bridgehead atoms. The number of rotatable bonds is 3. The lowest BCUT2D eigenvalue weighted by Gasteiger charge is -2.11. The van der Waals surface area contributed by atoms with Gasteiger partial charge in [-0.05, 0) is 13.0 Å². The molecule has 1 N–H and O–H groups in total.